The molecule has 2 aromatic heterocycles. The number of H-pyrrole nitrogens is 1. The fourth-order valence-corrected chi connectivity index (χ4v) is 4.69. The molecule has 1 N–H and O–H groups in total. The second-order valence-electron chi connectivity index (χ2n) is 7.71. The van der Waals surface area contributed by atoms with E-state index in [1.165, 1.54) is 18.9 Å². The van der Waals surface area contributed by atoms with Gasteiger partial charge in [0.15, 0.2) is 16.8 Å². The van der Waals surface area contributed by atoms with E-state index in [0.717, 1.165) is 11.1 Å². The van der Waals surface area contributed by atoms with Crippen molar-refractivity contribution in [1.29, 1.82) is 0 Å². The van der Waals surface area contributed by atoms with E-state index in [1.807, 2.05) is 59.2 Å². The summed E-state index contributed by atoms with van der Waals surface area (Å²) in [5, 5.41) is 10.0. The SMILES string of the molecule is COC(=O)c1c(C)[nH]c(C(=O)CSc2nnc(-c3ccc(Cl)cc3)n2Cc2ccccc2)c1C. The van der Waals surface area contributed by atoms with E-state index < -0.39 is 5.97 Å². The van der Waals surface area contributed by atoms with Gasteiger partial charge in [-0.05, 0) is 49.2 Å². The van der Waals surface area contributed by atoms with Crippen molar-refractivity contribution in [3.05, 3.63) is 87.7 Å². The first-order valence-electron chi connectivity index (χ1n) is 10.6. The number of ketones is 1. The molecule has 34 heavy (non-hydrogen) atoms. The Balaban J connectivity index is 1.61. The molecule has 2 heterocycles. The lowest BCUT2D eigenvalue weighted by molar-refractivity contribution is 0.0599. The molecule has 0 spiro atoms. The molecule has 2 aromatic carbocycles. The Hall–Kier alpha value is -3.36. The first-order valence-corrected chi connectivity index (χ1v) is 11.9. The van der Waals surface area contributed by atoms with Crippen LogP contribution in [0.2, 0.25) is 5.02 Å². The third-order valence-electron chi connectivity index (χ3n) is 5.44. The molecule has 0 saturated carbocycles. The Morgan fingerprint density at radius 3 is 2.44 bits per heavy atom. The van der Waals surface area contributed by atoms with Gasteiger partial charge in [0.1, 0.15) is 0 Å². The molecular weight excluding hydrogens is 472 g/mol. The summed E-state index contributed by atoms with van der Waals surface area (Å²) in [7, 11) is 1.32. The molecule has 174 valence electrons. The number of halogens is 1. The molecule has 4 aromatic rings. The topological polar surface area (TPSA) is 89.9 Å². The first kappa shape index (κ1) is 23.8. The fraction of sp³-hybridized carbons (Fsp3) is 0.200. The summed E-state index contributed by atoms with van der Waals surface area (Å²) in [6.45, 7) is 4.04. The zero-order valence-electron chi connectivity index (χ0n) is 19.0. The van der Waals surface area contributed by atoms with Gasteiger partial charge in [0.2, 0.25) is 0 Å². The molecule has 0 aliphatic rings. The molecule has 0 aliphatic heterocycles. The van der Waals surface area contributed by atoms with Gasteiger partial charge in [-0.25, -0.2) is 4.79 Å². The molecule has 7 nitrogen and oxygen atoms in total. The van der Waals surface area contributed by atoms with Crippen LogP contribution in [0.4, 0.5) is 0 Å². The lowest BCUT2D eigenvalue weighted by Gasteiger charge is -2.10. The van der Waals surface area contributed by atoms with Crippen LogP contribution < -0.4 is 0 Å². The number of aryl methyl sites for hydroxylation is 1. The number of aromatic amines is 1. The Labute approximate surface area is 206 Å². The Kier molecular flexibility index (Phi) is 7.19. The summed E-state index contributed by atoms with van der Waals surface area (Å²) in [6.07, 6.45) is 0. The van der Waals surface area contributed by atoms with Crippen LogP contribution in [0.5, 0.6) is 0 Å². The molecule has 0 saturated heterocycles. The number of benzene rings is 2. The molecule has 0 radical (unpaired) electrons. The van der Waals surface area contributed by atoms with E-state index in [-0.39, 0.29) is 11.5 Å². The number of nitrogens with one attached hydrogen (secondary N) is 1. The van der Waals surface area contributed by atoms with Gasteiger partial charge in [0.05, 0.1) is 30.7 Å². The molecule has 0 fully saturated rings. The molecule has 0 amide bonds. The zero-order valence-corrected chi connectivity index (χ0v) is 20.5. The van der Waals surface area contributed by atoms with Gasteiger partial charge in [0.25, 0.3) is 0 Å². The summed E-state index contributed by atoms with van der Waals surface area (Å²) in [5.41, 5.74) is 3.96. The van der Waals surface area contributed by atoms with E-state index in [1.54, 1.807) is 13.8 Å². The summed E-state index contributed by atoms with van der Waals surface area (Å²) < 4.78 is 6.83. The van der Waals surface area contributed by atoms with Gasteiger partial charge in [-0.2, -0.15) is 0 Å². The highest BCUT2D eigenvalue weighted by Crippen LogP contribution is 2.28. The second kappa shape index (κ2) is 10.3. The number of methoxy groups -OCH3 is 1. The average Bonchev–Trinajstić information content (AvgIpc) is 3.37. The average molecular weight is 495 g/mol. The maximum absolute atomic E-state index is 13.0. The lowest BCUT2D eigenvalue weighted by Crippen LogP contribution is -2.09. The number of Topliss-reactive ketones (excluding diaryl/α,β-unsaturated/α-hetero) is 1. The van der Waals surface area contributed by atoms with Crippen LogP contribution in [0.3, 0.4) is 0 Å². The number of hydrogen-bond acceptors (Lipinski definition) is 6. The second-order valence-corrected chi connectivity index (χ2v) is 9.09. The predicted molar refractivity (Wildman–Crippen MR) is 133 cm³/mol. The predicted octanol–water partition coefficient (Wildman–Crippen LogP) is 5.35. The number of carbonyl (C=O) groups excluding carboxylic acids is 2. The minimum Gasteiger partial charge on any atom is -0.465 e. The third kappa shape index (κ3) is 4.93. The number of aromatic nitrogens is 4. The van der Waals surface area contributed by atoms with Crippen molar-refractivity contribution in [2.45, 2.75) is 25.5 Å². The molecule has 0 aliphatic carbocycles. The number of esters is 1. The summed E-state index contributed by atoms with van der Waals surface area (Å²) >= 11 is 7.36. The number of rotatable bonds is 8. The van der Waals surface area contributed by atoms with Crippen LogP contribution in [-0.4, -0.2) is 44.4 Å². The van der Waals surface area contributed by atoms with Crippen molar-refractivity contribution in [2.75, 3.05) is 12.9 Å². The number of ether oxygens (including phenoxy) is 1. The van der Waals surface area contributed by atoms with Gasteiger partial charge in [0, 0.05) is 16.3 Å². The smallest absolute Gasteiger partial charge is 0.339 e. The molecular formula is C25H23ClN4O3S. The van der Waals surface area contributed by atoms with Crippen molar-refractivity contribution in [3.63, 3.8) is 0 Å². The van der Waals surface area contributed by atoms with Gasteiger partial charge in [-0.3, -0.25) is 9.36 Å². The summed E-state index contributed by atoms with van der Waals surface area (Å²) in [4.78, 5) is 28.1. The minimum atomic E-state index is -0.465. The number of carbonyl (C=O) groups is 2. The summed E-state index contributed by atoms with van der Waals surface area (Å²) in [5.74, 6) is 0.223. The maximum Gasteiger partial charge on any atom is 0.339 e. The molecule has 9 heteroatoms. The minimum absolute atomic E-state index is 0.134. The third-order valence-corrected chi connectivity index (χ3v) is 6.66. The van der Waals surface area contributed by atoms with Crippen LogP contribution in [0.15, 0.2) is 59.8 Å². The molecule has 0 atom stereocenters. The monoisotopic (exact) mass is 494 g/mol. The van der Waals surface area contributed by atoms with E-state index in [2.05, 4.69) is 15.2 Å². The largest absolute Gasteiger partial charge is 0.465 e. The van der Waals surface area contributed by atoms with Crippen molar-refractivity contribution < 1.29 is 14.3 Å². The lowest BCUT2D eigenvalue weighted by atomic mass is 10.1. The standard InChI is InChI=1S/C25H23ClN4O3S/c1-15-21(24(32)33-3)16(2)27-22(15)20(31)14-34-25-29-28-23(18-9-11-19(26)12-10-18)30(25)13-17-7-5-4-6-8-17/h4-12,27H,13-14H2,1-3H3. The quantitative estimate of drug-likeness (QED) is 0.202. The van der Waals surface area contributed by atoms with Crippen LogP contribution in [0.1, 0.15) is 37.7 Å². The maximum atomic E-state index is 13.0. The Bertz CT molecular complexity index is 1330. The van der Waals surface area contributed by atoms with Crippen LogP contribution >= 0.6 is 23.4 Å². The molecule has 0 bridgehead atoms. The van der Waals surface area contributed by atoms with E-state index >= 15 is 0 Å². The number of thioether (sulfide) groups is 1. The van der Waals surface area contributed by atoms with Crippen molar-refractivity contribution in [1.82, 2.24) is 19.7 Å². The zero-order chi connectivity index (χ0) is 24.2. The van der Waals surface area contributed by atoms with Crippen molar-refractivity contribution in [2.24, 2.45) is 0 Å². The van der Waals surface area contributed by atoms with Crippen molar-refractivity contribution in [3.8, 4) is 11.4 Å². The van der Waals surface area contributed by atoms with Gasteiger partial charge >= 0.3 is 5.97 Å². The molecule has 4 rings (SSSR count). The fourth-order valence-electron chi connectivity index (χ4n) is 3.76. The van der Waals surface area contributed by atoms with Gasteiger partial charge in [-0.1, -0.05) is 53.7 Å². The highest BCUT2D eigenvalue weighted by atomic mass is 35.5. The Morgan fingerprint density at radius 1 is 1.06 bits per heavy atom. The van der Waals surface area contributed by atoms with Crippen LogP contribution in [-0.2, 0) is 11.3 Å². The highest BCUT2D eigenvalue weighted by molar-refractivity contribution is 7.99. The first-order chi connectivity index (χ1) is 16.4. The number of nitrogens with zero attached hydrogens (tertiary/aromatic N) is 3. The summed E-state index contributed by atoms with van der Waals surface area (Å²) in [6, 6.07) is 17.4. The van der Waals surface area contributed by atoms with Crippen molar-refractivity contribution >= 4 is 35.1 Å². The number of hydrogen-bond donors (Lipinski definition) is 1. The van der Waals surface area contributed by atoms with E-state index in [9.17, 15) is 9.59 Å². The van der Waals surface area contributed by atoms with Gasteiger partial charge in [-0.15, -0.1) is 10.2 Å². The Morgan fingerprint density at radius 2 is 1.76 bits per heavy atom. The van der Waals surface area contributed by atoms with E-state index in [4.69, 9.17) is 16.3 Å². The van der Waals surface area contributed by atoms with Crippen LogP contribution in [0, 0.1) is 13.8 Å². The van der Waals surface area contributed by atoms with Crippen LogP contribution in [0.25, 0.3) is 11.4 Å². The normalized spacial score (nSPS) is 10.9. The van der Waals surface area contributed by atoms with E-state index in [0.29, 0.717) is 45.1 Å². The van der Waals surface area contributed by atoms with Gasteiger partial charge < -0.3 is 9.72 Å². The molecule has 0 unspecified atom stereocenters. The highest BCUT2D eigenvalue weighted by Gasteiger charge is 2.23.